The summed E-state index contributed by atoms with van der Waals surface area (Å²) in [7, 11) is 0.0102. The first-order chi connectivity index (χ1) is 16.4. The fourth-order valence-corrected chi connectivity index (χ4v) is 5.52. The monoisotopic (exact) mass is 507 g/mol. The molecule has 0 spiro atoms. The van der Waals surface area contributed by atoms with Crippen LogP contribution in [0.1, 0.15) is 103 Å². The van der Waals surface area contributed by atoms with Gasteiger partial charge < -0.3 is 19.7 Å². The van der Waals surface area contributed by atoms with Gasteiger partial charge in [-0.1, -0.05) is 84.0 Å². The molecular formula is C25H50NO7P. The molecule has 1 aliphatic carbocycles. The Bertz CT molecular complexity index is 577. The van der Waals surface area contributed by atoms with Gasteiger partial charge in [0, 0.05) is 33.7 Å². The Morgan fingerprint density at radius 3 is 1.88 bits per heavy atom. The predicted molar refractivity (Wildman–Crippen MR) is 135 cm³/mol. The van der Waals surface area contributed by atoms with Gasteiger partial charge in [-0.05, 0) is 12.8 Å². The molecule has 0 aromatic heterocycles. The summed E-state index contributed by atoms with van der Waals surface area (Å²) in [6.45, 7) is 2.59. The van der Waals surface area contributed by atoms with Crippen LogP contribution < -0.4 is 5.32 Å². The highest BCUT2D eigenvalue weighted by atomic mass is 31.2. The molecule has 0 heterocycles. The van der Waals surface area contributed by atoms with Crippen LogP contribution in [0.3, 0.4) is 0 Å². The minimum absolute atomic E-state index is 0.0223. The van der Waals surface area contributed by atoms with E-state index in [2.05, 4.69) is 16.8 Å². The molecule has 1 fully saturated rings. The van der Waals surface area contributed by atoms with Crippen molar-refractivity contribution in [3.63, 3.8) is 0 Å². The average Bonchev–Trinajstić information content (AvgIpc) is 3.11. The topological polar surface area (TPSA) is 103 Å². The van der Waals surface area contributed by atoms with E-state index in [1.165, 1.54) is 77.7 Å². The van der Waals surface area contributed by atoms with Gasteiger partial charge in [0.2, 0.25) is 5.91 Å². The summed E-state index contributed by atoms with van der Waals surface area (Å²) < 4.78 is 32.7. The summed E-state index contributed by atoms with van der Waals surface area (Å²) >= 11 is 0. The van der Waals surface area contributed by atoms with Crippen molar-refractivity contribution in [1.29, 1.82) is 0 Å². The van der Waals surface area contributed by atoms with Crippen molar-refractivity contribution in [3.8, 4) is 0 Å². The largest absolute Gasteiger partial charge is 0.472 e. The lowest BCUT2D eigenvalue weighted by atomic mass is 10.0. The highest BCUT2D eigenvalue weighted by Crippen LogP contribution is 2.48. The van der Waals surface area contributed by atoms with Gasteiger partial charge in [0.05, 0.1) is 12.6 Å². The molecule has 1 saturated carbocycles. The first-order valence-electron chi connectivity index (χ1n) is 13.3. The third kappa shape index (κ3) is 13.0. The normalized spacial score (nSPS) is 24.3. The molecule has 1 aliphatic rings. The number of hydrogen-bond donors (Lipinski definition) is 2. The van der Waals surface area contributed by atoms with E-state index in [4.69, 9.17) is 14.0 Å². The Balaban J connectivity index is 2.23. The van der Waals surface area contributed by atoms with Gasteiger partial charge in [-0.25, -0.2) is 4.57 Å². The molecule has 0 bridgehead atoms. The van der Waals surface area contributed by atoms with Gasteiger partial charge in [-0.15, -0.1) is 0 Å². The molecule has 0 aromatic carbocycles. The number of methoxy groups -OCH3 is 2. The second kappa shape index (κ2) is 18.7. The predicted octanol–water partition coefficient (Wildman–Crippen LogP) is 5.77. The van der Waals surface area contributed by atoms with Gasteiger partial charge >= 0.3 is 7.82 Å². The Labute approximate surface area is 207 Å². The second-order valence-corrected chi connectivity index (χ2v) is 11.1. The zero-order chi connectivity index (χ0) is 25.2. The van der Waals surface area contributed by atoms with Gasteiger partial charge in [-0.3, -0.25) is 13.8 Å². The zero-order valence-electron chi connectivity index (χ0n) is 22.0. The van der Waals surface area contributed by atoms with E-state index in [1.807, 2.05) is 0 Å². The van der Waals surface area contributed by atoms with Gasteiger partial charge in [-0.2, -0.15) is 0 Å². The lowest BCUT2D eigenvalue weighted by Crippen LogP contribution is -2.44. The first-order valence-corrected chi connectivity index (χ1v) is 14.8. The minimum Gasteiger partial charge on any atom is -0.384 e. The molecule has 0 radical (unpaired) electrons. The summed E-state index contributed by atoms with van der Waals surface area (Å²) in [5, 5.41) is 3.03. The van der Waals surface area contributed by atoms with Gasteiger partial charge in [0.1, 0.15) is 12.2 Å². The standard InChI is InChI=1S/C25H50NO7P/c1-5-6-7-8-9-10-11-12-13-14-15-16-17-18-23(27)26-22-19-21(20-30-2)24(25(22)31-3)33-34(28,29)32-4/h21-22,24-25H,5-20H2,1-4H3,(H,26,27)(H,28,29)/t21-,22+,24?,25-/m1/s1. The lowest BCUT2D eigenvalue weighted by molar-refractivity contribution is -0.123. The molecule has 0 saturated heterocycles. The van der Waals surface area contributed by atoms with E-state index in [9.17, 15) is 14.3 Å². The summed E-state index contributed by atoms with van der Waals surface area (Å²) in [5.74, 6) is -0.210. The van der Waals surface area contributed by atoms with E-state index < -0.39 is 20.0 Å². The number of nitrogens with one attached hydrogen (secondary N) is 1. The summed E-state index contributed by atoms with van der Waals surface area (Å²) in [5.41, 5.74) is 0. The van der Waals surface area contributed by atoms with Crippen LogP contribution in [0.15, 0.2) is 0 Å². The van der Waals surface area contributed by atoms with Crippen molar-refractivity contribution in [2.75, 3.05) is 27.9 Å². The van der Waals surface area contributed by atoms with Gasteiger partial charge in [0.15, 0.2) is 0 Å². The first kappa shape index (κ1) is 31.5. The SMILES string of the molecule is CCCCCCCCCCCCCCCC(=O)N[C@H]1C[C@H](COC)C(OP(=O)(O)OC)[C@@H]1OC. The van der Waals surface area contributed by atoms with E-state index in [-0.39, 0.29) is 17.9 Å². The molecule has 0 aromatic rings. The molecule has 5 atom stereocenters. The number of rotatable bonds is 21. The molecule has 0 aliphatic heterocycles. The van der Waals surface area contributed by atoms with Crippen LogP contribution >= 0.6 is 7.82 Å². The second-order valence-electron chi connectivity index (χ2n) is 9.54. The molecule has 8 nitrogen and oxygen atoms in total. The van der Waals surface area contributed by atoms with Crippen LogP contribution in [0.2, 0.25) is 0 Å². The Morgan fingerprint density at radius 2 is 1.41 bits per heavy atom. The van der Waals surface area contributed by atoms with E-state index in [0.717, 1.165) is 20.0 Å². The van der Waals surface area contributed by atoms with Crippen LogP contribution in [0, 0.1) is 5.92 Å². The zero-order valence-corrected chi connectivity index (χ0v) is 22.9. The van der Waals surface area contributed by atoms with Crippen molar-refractivity contribution in [1.82, 2.24) is 5.32 Å². The van der Waals surface area contributed by atoms with E-state index >= 15 is 0 Å². The summed E-state index contributed by atoms with van der Waals surface area (Å²) in [6, 6.07) is -0.304. The summed E-state index contributed by atoms with van der Waals surface area (Å²) in [4.78, 5) is 22.3. The van der Waals surface area contributed by atoms with Crippen molar-refractivity contribution < 1.29 is 32.8 Å². The fourth-order valence-electron chi connectivity index (χ4n) is 4.83. The quantitative estimate of drug-likeness (QED) is 0.150. The smallest absolute Gasteiger partial charge is 0.384 e. The van der Waals surface area contributed by atoms with Crippen LogP contribution in [0.25, 0.3) is 0 Å². The number of amides is 1. The van der Waals surface area contributed by atoms with Crippen molar-refractivity contribution >= 4 is 13.7 Å². The number of ether oxygens (including phenoxy) is 2. The number of carbonyl (C=O) groups is 1. The molecule has 2 unspecified atom stereocenters. The number of unbranched alkanes of at least 4 members (excludes halogenated alkanes) is 12. The molecular weight excluding hydrogens is 457 g/mol. The number of carbonyl (C=O) groups excluding carboxylic acids is 1. The number of phosphoric ester groups is 1. The molecule has 34 heavy (non-hydrogen) atoms. The molecule has 9 heteroatoms. The maximum atomic E-state index is 12.5. The molecule has 202 valence electrons. The van der Waals surface area contributed by atoms with Crippen LogP contribution in [-0.2, 0) is 27.9 Å². The maximum absolute atomic E-state index is 12.5. The van der Waals surface area contributed by atoms with Crippen molar-refractivity contribution in [3.05, 3.63) is 0 Å². The molecule has 2 N–H and O–H groups in total. The van der Waals surface area contributed by atoms with Crippen LogP contribution in [0.5, 0.6) is 0 Å². The van der Waals surface area contributed by atoms with E-state index in [0.29, 0.717) is 19.4 Å². The highest BCUT2D eigenvalue weighted by molar-refractivity contribution is 7.47. The third-order valence-corrected chi connectivity index (χ3v) is 7.71. The fraction of sp³-hybridized carbons (Fsp3) is 0.960. The van der Waals surface area contributed by atoms with Crippen LogP contribution in [0.4, 0.5) is 0 Å². The number of phosphoric acid groups is 1. The molecule has 1 amide bonds. The Morgan fingerprint density at radius 1 is 0.882 bits per heavy atom. The van der Waals surface area contributed by atoms with Crippen LogP contribution in [-0.4, -0.2) is 57.0 Å². The molecule has 1 rings (SSSR count). The third-order valence-electron chi connectivity index (χ3n) is 6.73. The van der Waals surface area contributed by atoms with E-state index in [1.54, 1.807) is 7.11 Å². The average molecular weight is 508 g/mol. The Hall–Kier alpha value is -0.500. The summed E-state index contributed by atoms with van der Waals surface area (Å²) in [6.07, 6.45) is 16.3. The van der Waals surface area contributed by atoms with Crippen molar-refractivity contribution in [2.24, 2.45) is 5.92 Å². The maximum Gasteiger partial charge on any atom is 0.472 e. The Kier molecular flexibility index (Phi) is 17.4. The minimum atomic E-state index is -4.19. The lowest BCUT2D eigenvalue weighted by Gasteiger charge is -2.27. The number of hydrogen-bond acceptors (Lipinski definition) is 6. The highest BCUT2D eigenvalue weighted by Gasteiger charge is 2.48. The van der Waals surface area contributed by atoms with Crippen molar-refractivity contribution in [2.45, 2.75) is 121 Å². The van der Waals surface area contributed by atoms with Gasteiger partial charge in [0.25, 0.3) is 0 Å².